The monoisotopic (exact) mass is 485 g/mol. The smallest absolute Gasteiger partial charge is 0.416 e. The topological polar surface area (TPSA) is 21.3 Å². The summed E-state index contributed by atoms with van der Waals surface area (Å²) in [5.74, 6) is 0.809. The molecule has 0 aromatic heterocycles. The van der Waals surface area contributed by atoms with Crippen molar-refractivity contribution in [2.24, 2.45) is 0 Å². The second-order valence-electron chi connectivity index (χ2n) is 8.25. The molecular weight excluding hydrogens is 459 g/mol. The van der Waals surface area contributed by atoms with Gasteiger partial charge in [0.05, 0.1) is 12.7 Å². The zero-order valence-electron chi connectivity index (χ0n) is 19.2. The molecule has 0 amide bonds. The van der Waals surface area contributed by atoms with Gasteiger partial charge >= 0.3 is 6.18 Å². The van der Waals surface area contributed by atoms with Gasteiger partial charge in [0, 0.05) is 12.1 Å². The van der Waals surface area contributed by atoms with Gasteiger partial charge in [-0.15, -0.1) is 12.4 Å². The Kier molecular flexibility index (Phi) is 7.90. The van der Waals surface area contributed by atoms with Gasteiger partial charge in [-0.1, -0.05) is 48.5 Å². The Balaban J connectivity index is 0.00000324. The van der Waals surface area contributed by atoms with Crippen LogP contribution in [0.25, 0.3) is 21.9 Å². The van der Waals surface area contributed by atoms with Gasteiger partial charge < -0.3 is 10.1 Å². The van der Waals surface area contributed by atoms with Crippen molar-refractivity contribution in [2.45, 2.75) is 32.1 Å². The number of benzene rings is 4. The quantitative estimate of drug-likeness (QED) is 0.296. The van der Waals surface area contributed by atoms with E-state index in [4.69, 9.17) is 4.74 Å². The first-order chi connectivity index (χ1) is 15.8. The lowest BCUT2D eigenvalue weighted by atomic mass is 9.92. The van der Waals surface area contributed by atoms with Gasteiger partial charge in [-0.3, -0.25) is 0 Å². The van der Waals surface area contributed by atoms with E-state index in [0.717, 1.165) is 50.9 Å². The van der Waals surface area contributed by atoms with Crippen LogP contribution in [0.2, 0.25) is 0 Å². The van der Waals surface area contributed by atoms with Crippen molar-refractivity contribution in [3.8, 4) is 16.9 Å². The Morgan fingerprint density at radius 3 is 2.12 bits per heavy atom. The minimum atomic E-state index is -4.35. The number of alkyl halides is 3. The molecule has 34 heavy (non-hydrogen) atoms. The Hall–Kier alpha value is -3.02. The molecule has 0 bridgehead atoms. The normalized spacial score (nSPS) is 13.2. The molecule has 0 fully saturated rings. The molecule has 0 aliphatic carbocycles. The van der Waals surface area contributed by atoms with Gasteiger partial charge in [-0.25, -0.2) is 0 Å². The van der Waals surface area contributed by atoms with Gasteiger partial charge in [-0.2, -0.15) is 13.2 Å². The third-order valence-electron chi connectivity index (χ3n) is 6.00. The van der Waals surface area contributed by atoms with Crippen LogP contribution in [0, 0.1) is 0 Å². The van der Waals surface area contributed by atoms with E-state index in [2.05, 4.69) is 37.4 Å². The SMILES string of the molecule is COc1cccc([C@@H](C)NC(C)c2cc(-c3ccc(C(F)(F)F)cc3)c3ccccc3c2)c1.Cl. The largest absolute Gasteiger partial charge is 0.497 e. The maximum absolute atomic E-state index is 13.0. The molecule has 0 aliphatic rings. The van der Waals surface area contributed by atoms with Gasteiger partial charge in [0.25, 0.3) is 0 Å². The number of hydrogen-bond acceptors (Lipinski definition) is 2. The Bertz CT molecular complexity index is 1250. The first-order valence-electron chi connectivity index (χ1n) is 10.9. The van der Waals surface area contributed by atoms with Crippen LogP contribution in [0.3, 0.4) is 0 Å². The van der Waals surface area contributed by atoms with Crippen LogP contribution in [0.1, 0.15) is 42.6 Å². The van der Waals surface area contributed by atoms with E-state index in [-0.39, 0.29) is 24.5 Å². The molecule has 4 aromatic carbocycles. The molecule has 4 aromatic rings. The second kappa shape index (κ2) is 10.5. The van der Waals surface area contributed by atoms with Crippen molar-refractivity contribution < 1.29 is 17.9 Å². The first-order valence-corrected chi connectivity index (χ1v) is 10.9. The van der Waals surface area contributed by atoms with Crippen molar-refractivity contribution in [1.29, 1.82) is 0 Å². The highest BCUT2D eigenvalue weighted by atomic mass is 35.5. The summed E-state index contributed by atoms with van der Waals surface area (Å²) in [7, 11) is 1.65. The molecule has 0 saturated heterocycles. The summed E-state index contributed by atoms with van der Waals surface area (Å²) < 4.78 is 44.5. The summed E-state index contributed by atoms with van der Waals surface area (Å²) in [6, 6.07) is 25.6. The third kappa shape index (κ3) is 5.54. The molecule has 0 spiro atoms. The van der Waals surface area contributed by atoms with E-state index < -0.39 is 11.7 Å². The van der Waals surface area contributed by atoms with Crippen LogP contribution in [0.15, 0.2) is 84.9 Å². The first kappa shape index (κ1) is 25.6. The number of methoxy groups -OCH3 is 1. The van der Waals surface area contributed by atoms with Crippen LogP contribution in [0.5, 0.6) is 5.75 Å². The highest BCUT2D eigenvalue weighted by Crippen LogP contribution is 2.35. The number of rotatable bonds is 6. The fraction of sp³-hybridized carbons (Fsp3) is 0.214. The number of ether oxygens (including phenoxy) is 1. The maximum Gasteiger partial charge on any atom is 0.416 e. The summed E-state index contributed by atoms with van der Waals surface area (Å²) in [5.41, 5.74) is 3.21. The molecule has 4 rings (SSSR count). The lowest BCUT2D eigenvalue weighted by Gasteiger charge is -2.22. The van der Waals surface area contributed by atoms with E-state index in [1.54, 1.807) is 19.2 Å². The lowest BCUT2D eigenvalue weighted by molar-refractivity contribution is -0.137. The molecule has 178 valence electrons. The number of nitrogens with one attached hydrogen (secondary N) is 1. The molecule has 1 unspecified atom stereocenters. The van der Waals surface area contributed by atoms with E-state index in [9.17, 15) is 13.2 Å². The molecule has 0 heterocycles. The van der Waals surface area contributed by atoms with Crippen molar-refractivity contribution in [1.82, 2.24) is 5.32 Å². The zero-order chi connectivity index (χ0) is 23.6. The predicted octanol–water partition coefficient (Wildman–Crippen LogP) is 8.37. The van der Waals surface area contributed by atoms with E-state index >= 15 is 0 Å². The van der Waals surface area contributed by atoms with Crippen molar-refractivity contribution in [3.63, 3.8) is 0 Å². The van der Waals surface area contributed by atoms with Crippen molar-refractivity contribution in [3.05, 3.63) is 102 Å². The summed E-state index contributed by atoms with van der Waals surface area (Å²) in [6.07, 6.45) is -4.35. The number of fused-ring (bicyclic) bond motifs is 1. The minimum Gasteiger partial charge on any atom is -0.497 e. The van der Waals surface area contributed by atoms with Crippen molar-refractivity contribution >= 4 is 23.2 Å². The number of halogens is 4. The average Bonchev–Trinajstić information content (AvgIpc) is 2.82. The summed E-state index contributed by atoms with van der Waals surface area (Å²) >= 11 is 0. The second-order valence-corrected chi connectivity index (χ2v) is 8.25. The standard InChI is InChI=1S/C28H26F3NO.ClH/c1-18(21-8-6-9-25(16-21)33-3)32-19(2)23-15-22-7-4-5-10-26(22)27(17-23)20-11-13-24(14-12-20)28(29,30)31;/h4-19,32H,1-3H3;1H/t18-,19?;/m1./s1. The molecule has 2 nitrogen and oxygen atoms in total. The minimum absolute atomic E-state index is 0. The van der Waals surface area contributed by atoms with Crippen LogP contribution in [0.4, 0.5) is 13.2 Å². The maximum atomic E-state index is 13.0. The molecule has 0 aliphatic heterocycles. The highest BCUT2D eigenvalue weighted by molar-refractivity contribution is 5.97. The molecule has 0 saturated carbocycles. The zero-order valence-corrected chi connectivity index (χ0v) is 20.0. The van der Waals surface area contributed by atoms with E-state index in [0.29, 0.717) is 0 Å². The van der Waals surface area contributed by atoms with Crippen LogP contribution in [-0.4, -0.2) is 7.11 Å². The Labute approximate surface area is 204 Å². The average molecular weight is 486 g/mol. The molecule has 0 radical (unpaired) electrons. The molecule has 2 atom stereocenters. The Morgan fingerprint density at radius 1 is 0.765 bits per heavy atom. The van der Waals surface area contributed by atoms with Crippen molar-refractivity contribution in [2.75, 3.05) is 7.11 Å². The van der Waals surface area contributed by atoms with Crippen LogP contribution >= 0.6 is 12.4 Å². The molecule has 6 heteroatoms. The Morgan fingerprint density at radius 2 is 1.44 bits per heavy atom. The fourth-order valence-corrected chi connectivity index (χ4v) is 4.14. The molecule has 1 N–H and O–H groups in total. The van der Waals surface area contributed by atoms with Crippen LogP contribution < -0.4 is 10.1 Å². The van der Waals surface area contributed by atoms with E-state index in [1.807, 2.05) is 42.5 Å². The molecular formula is C28H27ClF3NO. The lowest BCUT2D eigenvalue weighted by Crippen LogP contribution is -2.22. The van der Waals surface area contributed by atoms with Gasteiger partial charge in [0.1, 0.15) is 5.75 Å². The number of hydrogen-bond donors (Lipinski definition) is 1. The third-order valence-corrected chi connectivity index (χ3v) is 6.00. The summed E-state index contributed by atoms with van der Waals surface area (Å²) in [5, 5.41) is 5.69. The van der Waals surface area contributed by atoms with E-state index in [1.165, 1.54) is 0 Å². The predicted molar refractivity (Wildman–Crippen MR) is 135 cm³/mol. The summed E-state index contributed by atoms with van der Waals surface area (Å²) in [4.78, 5) is 0. The van der Waals surface area contributed by atoms with Crippen LogP contribution in [-0.2, 0) is 6.18 Å². The highest BCUT2D eigenvalue weighted by Gasteiger charge is 2.30. The fourth-order valence-electron chi connectivity index (χ4n) is 4.14. The summed E-state index contributed by atoms with van der Waals surface area (Å²) in [6.45, 7) is 4.19. The van der Waals surface area contributed by atoms with Gasteiger partial charge in [-0.05, 0) is 83.3 Å². The van der Waals surface area contributed by atoms with Gasteiger partial charge in [0.15, 0.2) is 0 Å². The van der Waals surface area contributed by atoms with Gasteiger partial charge in [0.2, 0.25) is 0 Å².